The van der Waals surface area contributed by atoms with Crippen molar-refractivity contribution in [1.29, 1.82) is 0 Å². The number of nitro groups is 1. The highest BCUT2D eigenvalue weighted by Gasteiger charge is 2.48. The Hall–Kier alpha value is -3.98. The van der Waals surface area contributed by atoms with Gasteiger partial charge in [-0.05, 0) is 48.2 Å². The molecular weight excluding hydrogens is 432 g/mol. The maximum absolute atomic E-state index is 13.1. The number of rotatable bonds is 5. The average molecular weight is 450 g/mol. The number of aliphatic hydroxyl groups excluding tert-OH is 1. The van der Waals surface area contributed by atoms with Crippen molar-refractivity contribution in [2.24, 2.45) is 0 Å². The number of nitro benzene ring substituents is 1. The lowest BCUT2D eigenvalue weighted by molar-refractivity contribution is -0.384. The quantitative estimate of drug-likeness (QED) is 0.200. The van der Waals surface area contributed by atoms with Crippen molar-refractivity contribution in [3.8, 4) is 5.75 Å². The van der Waals surface area contributed by atoms with Crippen molar-refractivity contribution < 1.29 is 24.4 Å². The molecule has 0 spiro atoms. The zero-order valence-electron chi connectivity index (χ0n) is 17.1. The number of aryl methyl sites for hydroxylation is 1. The van der Waals surface area contributed by atoms with Crippen molar-refractivity contribution in [2.45, 2.75) is 13.0 Å². The lowest BCUT2D eigenvalue weighted by Gasteiger charge is -2.25. The van der Waals surface area contributed by atoms with Crippen LogP contribution < -0.4 is 9.64 Å². The molecule has 0 bridgehead atoms. The molecular formula is C23H18N2O6S. The van der Waals surface area contributed by atoms with Crippen molar-refractivity contribution in [3.63, 3.8) is 0 Å². The molecule has 1 aromatic heterocycles. The molecule has 1 fully saturated rings. The van der Waals surface area contributed by atoms with Crippen LogP contribution in [0, 0.1) is 17.0 Å². The van der Waals surface area contributed by atoms with Gasteiger partial charge in [0.1, 0.15) is 17.6 Å². The molecule has 0 aliphatic carbocycles. The molecule has 1 N–H and O–H groups in total. The van der Waals surface area contributed by atoms with Crippen LogP contribution in [0.1, 0.15) is 22.0 Å². The zero-order chi connectivity index (χ0) is 23.0. The van der Waals surface area contributed by atoms with E-state index in [0.29, 0.717) is 16.3 Å². The van der Waals surface area contributed by atoms with Crippen molar-refractivity contribution in [1.82, 2.24) is 0 Å². The van der Waals surface area contributed by atoms with Crippen LogP contribution in [0.2, 0.25) is 0 Å². The zero-order valence-corrected chi connectivity index (χ0v) is 18.0. The second kappa shape index (κ2) is 8.27. The standard InChI is InChI=1S/C23H18N2O6S/c1-13-10-11-32-22(13)19-18(20(26)14-4-3-5-16(12-14)25(29)30)21(27)23(28)24(19)15-6-8-17(31-2)9-7-15/h3-12,19,26H,1-2H3/b20-18-. The minimum atomic E-state index is -0.873. The molecule has 2 aromatic carbocycles. The molecule has 1 unspecified atom stereocenters. The molecule has 162 valence electrons. The van der Waals surface area contributed by atoms with E-state index in [9.17, 15) is 24.8 Å². The highest BCUT2D eigenvalue weighted by atomic mass is 32.1. The fraction of sp³-hybridized carbons (Fsp3) is 0.130. The number of carbonyl (C=O) groups is 2. The van der Waals surface area contributed by atoms with Gasteiger partial charge in [-0.25, -0.2) is 0 Å². The Morgan fingerprint density at radius 3 is 2.47 bits per heavy atom. The number of hydrogen-bond acceptors (Lipinski definition) is 7. The predicted molar refractivity (Wildman–Crippen MR) is 120 cm³/mol. The summed E-state index contributed by atoms with van der Waals surface area (Å²) in [6.07, 6.45) is 0. The summed E-state index contributed by atoms with van der Waals surface area (Å²) in [6, 6.07) is 13.0. The Morgan fingerprint density at radius 2 is 1.88 bits per heavy atom. The minimum Gasteiger partial charge on any atom is -0.507 e. The number of ether oxygens (including phenoxy) is 1. The number of methoxy groups -OCH3 is 1. The van der Waals surface area contributed by atoms with Gasteiger partial charge in [0.2, 0.25) is 0 Å². The number of anilines is 1. The van der Waals surface area contributed by atoms with Crippen LogP contribution in [0.3, 0.4) is 0 Å². The van der Waals surface area contributed by atoms with Gasteiger partial charge in [0.05, 0.1) is 17.6 Å². The molecule has 32 heavy (non-hydrogen) atoms. The topological polar surface area (TPSA) is 110 Å². The van der Waals surface area contributed by atoms with Crippen molar-refractivity contribution in [3.05, 3.63) is 91.7 Å². The third-order valence-electron chi connectivity index (χ3n) is 5.28. The van der Waals surface area contributed by atoms with Gasteiger partial charge in [-0.1, -0.05) is 12.1 Å². The van der Waals surface area contributed by atoms with E-state index < -0.39 is 28.4 Å². The Balaban J connectivity index is 1.93. The number of amides is 1. The van der Waals surface area contributed by atoms with E-state index in [1.54, 1.807) is 24.3 Å². The predicted octanol–water partition coefficient (Wildman–Crippen LogP) is 4.60. The minimum absolute atomic E-state index is 0.0890. The maximum atomic E-state index is 13.1. The fourth-order valence-corrected chi connectivity index (χ4v) is 4.70. The number of Topliss-reactive ketones (excluding diaryl/α,β-unsaturated/α-hetero) is 1. The van der Waals surface area contributed by atoms with Crippen LogP contribution in [-0.4, -0.2) is 28.8 Å². The summed E-state index contributed by atoms with van der Waals surface area (Å²) in [4.78, 5) is 38.8. The van der Waals surface area contributed by atoms with E-state index in [0.717, 1.165) is 5.56 Å². The number of hydrogen-bond donors (Lipinski definition) is 1. The smallest absolute Gasteiger partial charge is 0.300 e. The number of benzene rings is 2. The van der Waals surface area contributed by atoms with Crippen LogP contribution in [0.4, 0.5) is 11.4 Å². The molecule has 1 atom stereocenters. The van der Waals surface area contributed by atoms with E-state index in [4.69, 9.17) is 4.74 Å². The average Bonchev–Trinajstić information content (AvgIpc) is 3.33. The molecule has 1 amide bonds. The highest BCUT2D eigenvalue weighted by Crippen LogP contribution is 2.45. The van der Waals surface area contributed by atoms with E-state index in [1.807, 2.05) is 18.4 Å². The van der Waals surface area contributed by atoms with E-state index >= 15 is 0 Å². The first-order valence-corrected chi connectivity index (χ1v) is 10.4. The molecule has 3 aromatic rings. The normalized spacial score (nSPS) is 17.6. The summed E-state index contributed by atoms with van der Waals surface area (Å²) in [5.41, 5.74) is 1.06. The molecule has 2 heterocycles. The summed E-state index contributed by atoms with van der Waals surface area (Å²) in [5, 5.41) is 24.1. The summed E-state index contributed by atoms with van der Waals surface area (Å²) in [6.45, 7) is 1.85. The third-order valence-corrected chi connectivity index (χ3v) is 6.35. The van der Waals surface area contributed by atoms with Gasteiger partial charge in [-0.15, -0.1) is 11.3 Å². The van der Waals surface area contributed by atoms with E-state index in [1.165, 1.54) is 47.6 Å². The lowest BCUT2D eigenvalue weighted by atomic mass is 9.98. The second-order valence-electron chi connectivity index (χ2n) is 7.14. The number of thiophene rings is 1. The summed E-state index contributed by atoms with van der Waals surface area (Å²) < 4.78 is 5.17. The summed E-state index contributed by atoms with van der Waals surface area (Å²) >= 11 is 1.36. The van der Waals surface area contributed by atoms with Crippen molar-refractivity contribution in [2.75, 3.05) is 12.0 Å². The molecule has 4 rings (SSSR count). The second-order valence-corrected chi connectivity index (χ2v) is 8.09. The number of aliphatic hydroxyl groups is 1. The van der Waals surface area contributed by atoms with E-state index in [-0.39, 0.29) is 16.8 Å². The molecule has 1 aliphatic rings. The summed E-state index contributed by atoms with van der Waals surface area (Å²) in [5.74, 6) is -1.52. The van der Waals surface area contributed by atoms with Gasteiger partial charge in [0.15, 0.2) is 0 Å². The van der Waals surface area contributed by atoms with Gasteiger partial charge in [0.25, 0.3) is 17.4 Å². The molecule has 0 radical (unpaired) electrons. The Bertz CT molecular complexity index is 1260. The summed E-state index contributed by atoms with van der Waals surface area (Å²) in [7, 11) is 1.52. The number of carbonyl (C=O) groups excluding carboxylic acids is 2. The molecule has 1 aliphatic heterocycles. The first kappa shape index (κ1) is 21.3. The number of ketones is 1. The lowest BCUT2D eigenvalue weighted by Crippen LogP contribution is -2.29. The van der Waals surface area contributed by atoms with Crippen molar-refractivity contribution >= 4 is 40.2 Å². The molecule has 1 saturated heterocycles. The number of nitrogens with zero attached hydrogens (tertiary/aromatic N) is 2. The monoisotopic (exact) mass is 450 g/mol. The van der Waals surface area contributed by atoms with Gasteiger partial charge in [0, 0.05) is 28.3 Å². The van der Waals surface area contributed by atoms with E-state index in [2.05, 4.69) is 0 Å². The molecule has 9 heteroatoms. The van der Waals surface area contributed by atoms with Crippen LogP contribution in [-0.2, 0) is 9.59 Å². The van der Waals surface area contributed by atoms with Crippen LogP contribution in [0.15, 0.2) is 65.6 Å². The number of non-ortho nitro benzene ring substituents is 1. The van der Waals surface area contributed by atoms with Gasteiger partial charge < -0.3 is 9.84 Å². The first-order chi connectivity index (χ1) is 15.3. The van der Waals surface area contributed by atoms with Gasteiger partial charge >= 0.3 is 0 Å². The fourth-order valence-electron chi connectivity index (χ4n) is 3.68. The van der Waals surface area contributed by atoms with Crippen LogP contribution in [0.25, 0.3) is 5.76 Å². The van der Waals surface area contributed by atoms with Crippen LogP contribution in [0.5, 0.6) is 5.75 Å². The Kier molecular flexibility index (Phi) is 5.50. The maximum Gasteiger partial charge on any atom is 0.300 e. The van der Waals surface area contributed by atoms with Crippen LogP contribution >= 0.6 is 11.3 Å². The van der Waals surface area contributed by atoms with Gasteiger partial charge in [-0.3, -0.25) is 24.6 Å². The Labute approximate surface area is 187 Å². The highest BCUT2D eigenvalue weighted by molar-refractivity contribution is 7.10. The molecule has 8 nitrogen and oxygen atoms in total. The first-order valence-electron chi connectivity index (χ1n) is 9.57. The largest absolute Gasteiger partial charge is 0.507 e. The third kappa shape index (κ3) is 3.52. The van der Waals surface area contributed by atoms with Gasteiger partial charge in [-0.2, -0.15) is 0 Å². The Morgan fingerprint density at radius 1 is 1.16 bits per heavy atom. The SMILES string of the molecule is COc1ccc(N2C(=O)C(=O)/C(=C(\O)c3cccc([N+](=O)[O-])c3)C2c2sccc2C)cc1. The molecule has 0 saturated carbocycles.